The van der Waals surface area contributed by atoms with Gasteiger partial charge in [-0.05, 0) is 0 Å². The Kier molecular flexibility index (Phi) is 1.97. The zero-order valence-corrected chi connectivity index (χ0v) is 5.42. The van der Waals surface area contributed by atoms with Crippen molar-refractivity contribution in [3.63, 3.8) is 0 Å². The van der Waals surface area contributed by atoms with Crippen molar-refractivity contribution >= 4 is 11.8 Å². The lowest BCUT2D eigenvalue weighted by molar-refractivity contribution is -0.154. The molecule has 4 nitrogen and oxygen atoms in total. The number of isocyanates is 1. The van der Waals surface area contributed by atoms with Crippen molar-refractivity contribution in [1.29, 1.82) is 0 Å². The maximum absolute atomic E-state index is 11.9. The van der Waals surface area contributed by atoms with Crippen molar-refractivity contribution in [1.82, 2.24) is 5.16 Å². The van der Waals surface area contributed by atoms with E-state index in [4.69, 9.17) is 0 Å². The number of nitrogens with zero attached hydrogens (tertiary/aromatic N) is 2. The molecule has 0 saturated carbocycles. The Balaban J connectivity index is 3.16. The van der Waals surface area contributed by atoms with Gasteiger partial charge in [0.2, 0.25) is 6.08 Å². The molecule has 0 spiro atoms. The van der Waals surface area contributed by atoms with Gasteiger partial charge in [0.25, 0.3) is 5.76 Å². The lowest BCUT2D eigenvalue weighted by Crippen LogP contribution is -2.02. The molecular formula is C5HF3N2O2. The Hall–Kier alpha value is -1.62. The molecule has 1 aromatic rings. The number of aliphatic imine (C=N–C) groups is 1. The van der Waals surface area contributed by atoms with Crippen LogP contribution in [0.5, 0.6) is 0 Å². The van der Waals surface area contributed by atoms with Crippen LogP contribution in [0.15, 0.2) is 15.7 Å². The predicted octanol–water partition coefficient (Wildman–Crippen LogP) is 1.66. The highest BCUT2D eigenvalue weighted by molar-refractivity contribution is 5.49. The van der Waals surface area contributed by atoms with Gasteiger partial charge in [-0.2, -0.15) is 18.2 Å². The maximum atomic E-state index is 11.9. The van der Waals surface area contributed by atoms with Crippen molar-refractivity contribution in [3.05, 3.63) is 12.0 Å². The molecule has 0 unspecified atom stereocenters. The molecular weight excluding hydrogens is 177 g/mol. The Labute approximate surface area is 63.7 Å². The molecule has 7 heteroatoms. The van der Waals surface area contributed by atoms with Crippen molar-refractivity contribution in [2.24, 2.45) is 4.99 Å². The van der Waals surface area contributed by atoms with Crippen LogP contribution >= 0.6 is 0 Å². The summed E-state index contributed by atoms with van der Waals surface area (Å²) in [5.74, 6) is -1.40. The zero-order chi connectivity index (χ0) is 9.19. The summed E-state index contributed by atoms with van der Waals surface area (Å²) in [6.07, 6.45) is -3.04. The van der Waals surface area contributed by atoms with Gasteiger partial charge < -0.3 is 4.52 Å². The first kappa shape index (κ1) is 8.48. The van der Waals surface area contributed by atoms with Crippen LogP contribution in [0.1, 0.15) is 5.76 Å². The fourth-order valence-corrected chi connectivity index (χ4v) is 0.560. The number of rotatable bonds is 1. The lowest BCUT2D eigenvalue weighted by Gasteiger charge is -1.99. The van der Waals surface area contributed by atoms with E-state index in [9.17, 15) is 18.0 Å². The first-order valence-electron chi connectivity index (χ1n) is 2.65. The third kappa shape index (κ3) is 1.51. The van der Waals surface area contributed by atoms with E-state index in [-0.39, 0.29) is 0 Å². The molecule has 0 bridgehead atoms. The number of hydrogen-bond donors (Lipinski definition) is 0. The van der Waals surface area contributed by atoms with Crippen LogP contribution in [-0.2, 0) is 11.0 Å². The van der Waals surface area contributed by atoms with Gasteiger partial charge in [0.15, 0.2) is 0 Å². The fraction of sp³-hybridized carbons (Fsp3) is 0.200. The lowest BCUT2D eigenvalue weighted by atomic mass is 10.4. The number of alkyl halides is 3. The van der Waals surface area contributed by atoms with E-state index in [1.807, 2.05) is 0 Å². The van der Waals surface area contributed by atoms with Gasteiger partial charge in [-0.3, -0.25) is 0 Å². The molecule has 1 rings (SSSR count). The van der Waals surface area contributed by atoms with E-state index in [1.54, 1.807) is 0 Å². The highest BCUT2D eigenvalue weighted by Crippen LogP contribution is 2.35. The average Bonchev–Trinajstić information content (AvgIpc) is 2.34. The summed E-state index contributed by atoms with van der Waals surface area (Å²) in [5.41, 5.74) is -0.669. The van der Waals surface area contributed by atoms with Crippen LogP contribution in [0.3, 0.4) is 0 Å². The van der Waals surface area contributed by atoms with Gasteiger partial charge in [0, 0.05) is 0 Å². The third-order valence-electron chi connectivity index (χ3n) is 0.975. The molecule has 0 aliphatic rings. The summed E-state index contributed by atoms with van der Waals surface area (Å²) in [7, 11) is 0. The smallest absolute Gasteiger partial charge is 0.349 e. The summed E-state index contributed by atoms with van der Waals surface area (Å²) < 4.78 is 39.5. The summed E-state index contributed by atoms with van der Waals surface area (Å²) >= 11 is 0. The summed E-state index contributed by atoms with van der Waals surface area (Å²) in [6, 6.07) is 0. The normalized spacial score (nSPS) is 10.9. The minimum Gasteiger partial charge on any atom is -0.349 e. The topological polar surface area (TPSA) is 55.5 Å². The molecule has 12 heavy (non-hydrogen) atoms. The first-order valence-corrected chi connectivity index (χ1v) is 2.65. The zero-order valence-electron chi connectivity index (χ0n) is 5.42. The standard InChI is InChI=1S/C5HF3N2O2/c6-5(7,8)4-3(9-2-11)1-10-12-4/h1H. The molecule has 1 heterocycles. The molecule has 0 aliphatic heterocycles. The Morgan fingerprint density at radius 3 is 2.75 bits per heavy atom. The van der Waals surface area contributed by atoms with Crippen LogP contribution in [0, 0.1) is 0 Å². The summed E-state index contributed by atoms with van der Waals surface area (Å²) in [4.78, 5) is 12.4. The van der Waals surface area contributed by atoms with E-state index < -0.39 is 17.6 Å². The Morgan fingerprint density at radius 1 is 1.58 bits per heavy atom. The molecule has 0 radical (unpaired) electrons. The van der Waals surface area contributed by atoms with Gasteiger partial charge >= 0.3 is 6.18 Å². The van der Waals surface area contributed by atoms with Crippen molar-refractivity contribution in [2.75, 3.05) is 0 Å². The first-order chi connectivity index (χ1) is 5.55. The molecule has 64 valence electrons. The molecule has 0 atom stereocenters. The minimum absolute atomic E-state index is 0.669. The van der Waals surface area contributed by atoms with Crippen LogP contribution in [0.4, 0.5) is 18.9 Å². The molecule has 0 amide bonds. The van der Waals surface area contributed by atoms with Crippen LogP contribution in [0.25, 0.3) is 0 Å². The highest BCUT2D eigenvalue weighted by Gasteiger charge is 2.38. The molecule has 1 aromatic heterocycles. The highest BCUT2D eigenvalue weighted by atomic mass is 19.4. The van der Waals surface area contributed by atoms with E-state index in [2.05, 4.69) is 14.7 Å². The second-order valence-electron chi connectivity index (χ2n) is 1.74. The van der Waals surface area contributed by atoms with E-state index in [1.165, 1.54) is 0 Å². The van der Waals surface area contributed by atoms with Gasteiger partial charge in [0.1, 0.15) is 5.69 Å². The Morgan fingerprint density at radius 2 is 2.25 bits per heavy atom. The van der Waals surface area contributed by atoms with E-state index in [0.717, 1.165) is 6.08 Å². The van der Waals surface area contributed by atoms with Crippen LogP contribution < -0.4 is 0 Å². The largest absolute Gasteiger partial charge is 0.454 e. The molecule has 0 saturated heterocycles. The third-order valence-corrected chi connectivity index (χ3v) is 0.975. The molecule has 0 N–H and O–H groups in total. The maximum Gasteiger partial charge on any atom is 0.454 e. The molecule has 0 fully saturated rings. The number of aromatic nitrogens is 1. The minimum atomic E-state index is -4.69. The van der Waals surface area contributed by atoms with Gasteiger partial charge in [-0.25, -0.2) is 4.79 Å². The Bertz CT molecular complexity index is 324. The number of carbonyl (C=O) groups excluding carboxylic acids is 1. The average molecular weight is 178 g/mol. The fourth-order valence-electron chi connectivity index (χ4n) is 0.560. The summed E-state index contributed by atoms with van der Waals surface area (Å²) in [6.45, 7) is 0. The van der Waals surface area contributed by atoms with Crippen molar-refractivity contribution in [2.45, 2.75) is 6.18 Å². The van der Waals surface area contributed by atoms with Crippen molar-refractivity contribution in [3.8, 4) is 0 Å². The van der Waals surface area contributed by atoms with Gasteiger partial charge in [0.05, 0.1) is 6.20 Å². The van der Waals surface area contributed by atoms with Crippen molar-refractivity contribution < 1.29 is 22.5 Å². The second-order valence-corrected chi connectivity index (χ2v) is 1.74. The second kappa shape index (κ2) is 2.78. The van der Waals surface area contributed by atoms with E-state index >= 15 is 0 Å². The summed E-state index contributed by atoms with van der Waals surface area (Å²) in [5, 5.41) is 2.84. The van der Waals surface area contributed by atoms with Crippen LogP contribution in [-0.4, -0.2) is 11.2 Å². The molecule has 0 aliphatic carbocycles. The van der Waals surface area contributed by atoms with Gasteiger partial charge in [-0.1, -0.05) is 5.16 Å². The number of halogens is 3. The van der Waals surface area contributed by atoms with Gasteiger partial charge in [-0.15, -0.1) is 0 Å². The predicted molar refractivity (Wildman–Crippen MR) is 29.3 cm³/mol. The van der Waals surface area contributed by atoms with E-state index in [0.29, 0.717) is 6.20 Å². The molecule has 0 aromatic carbocycles. The monoisotopic (exact) mass is 178 g/mol. The quantitative estimate of drug-likeness (QED) is 0.485. The van der Waals surface area contributed by atoms with Crippen LogP contribution in [0.2, 0.25) is 0 Å². The number of hydrogen-bond acceptors (Lipinski definition) is 4. The SMILES string of the molecule is O=C=Nc1cnoc1C(F)(F)F.